The molecule has 7 heteroatoms. The molecule has 0 fully saturated rings. The molecule has 0 aliphatic heterocycles. The number of methoxy groups -OCH3 is 2. The highest BCUT2D eigenvalue weighted by molar-refractivity contribution is 6.30. The van der Waals surface area contributed by atoms with E-state index in [0.717, 1.165) is 28.1 Å². The van der Waals surface area contributed by atoms with E-state index >= 15 is 0 Å². The summed E-state index contributed by atoms with van der Waals surface area (Å²) in [7, 11) is 3.27. The van der Waals surface area contributed by atoms with Gasteiger partial charge in [0.2, 0.25) is 0 Å². The van der Waals surface area contributed by atoms with Crippen LogP contribution >= 0.6 is 24.0 Å². The fraction of sp³-hybridized carbons (Fsp3) is 0.100. The lowest BCUT2D eigenvalue weighted by molar-refractivity contribution is 0.415. The minimum atomic E-state index is 0. The van der Waals surface area contributed by atoms with Crippen LogP contribution in [-0.2, 0) is 0 Å². The van der Waals surface area contributed by atoms with Crippen molar-refractivity contribution in [3.63, 3.8) is 0 Å². The monoisotopic (exact) mass is 401 g/mol. The van der Waals surface area contributed by atoms with Crippen LogP contribution < -0.4 is 9.47 Å². The van der Waals surface area contributed by atoms with Gasteiger partial charge in [0, 0.05) is 11.2 Å². The third-order valence-corrected chi connectivity index (χ3v) is 4.47. The molecule has 0 aliphatic rings. The number of pyridine rings is 1. The van der Waals surface area contributed by atoms with Gasteiger partial charge in [0.1, 0.15) is 11.5 Å². The first kappa shape index (κ1) is 19.0. The van der Waals surface area contributed by atoms with Gasteiger partial charge < -0.3 is 9.47 Å². The average molecular weight is 402 g/mol. The quantitative estimate of drug-likeness (QED) is 0.473. The van der Waals surface area contributed by atoms with Crippen molar-refractivity contribution in [1.82, 2.24) is 14.6 Å². The summed E-state index contributed by atoms with van der Waals surface area (Å²) in [6, 6.07) is 17.4. The maximum atomic E-state index is 6.07. The first-order chi connectivity index (χ1) is 12.7. The van der Waals surface area contributed by atoms with Crippen molar-refractivity contribution in [3.05, 3.63) is 65.8 Å². The van der Waals surface area contributed by atoms with Crippen LogP contribution in [0.25, 0.3) is 28.2 Å². The molecule has 138 valence electrons. The molecule has 2 aromatic heterocycles. The van der Waals surface area contributed by atoms with Crippen LogP contribution in [0.4, 0.5) is 0 Å². The van der Waals surface area contributed by atoms with E-state index in [2.05, 4.69) is 10.2 Å². The van der Waals surface area contributed by atoms with Gasteiger partial charge in [-0.15, -0.1) is 22.6 Å². The van der Waals surface area contributed by atoms with Gasteiger partial charge in [0.05, 0.1) is 19.8 Å². The van der Waals surface area contributed by atoms with Gasteiger partial charge in [0.15, 0.2) is 11.5 Å². The molecular weight excluding hydrogens is 385 g/mol. The maximum absolute atomic E-state index is 6.07. The second-order valence-corrected chi connectivity index (χ2v) is 6.18. The number of nitrogens with zero attached hydrogens (tertiary/aromatic N) is 3. The van der Waals surface area contributed by atoms with E-state index in [4.69, 9.17) is 21.1 Å². The van der Waals surface area contributed by atoms with Gasteiger partial charge in [-0.2, -0.15) is 0 Å². The van der Waals surface area contributed by atoms with Gasteiger partial charge in [-0.25, -0.2) is 0 Å². The number of fused-ring (bicyclic) bond motifs is 1. The van der Waals surface area contributed by atoms with E-state index in [0.29, 0.717) is 16.6 Å². The molecule has 2 heterocycles. The Morgan fingerprint density at radius 3 is 2.30 bits per heavy atom. The number of hydrogen-bond donors (Lipinski definition) is 0. The van der Waals surface area contributed by atoms with Crippen LogP contribution in [0, 0.1) is 0 Å². The number of rotatable bonds is 4. The van der Waals surface area contributed by atoms with Crippen LogP contribution in [0.1, 0.15) is 0 Å². The van der Waals surface area contributed by atoms with Gasteiger partial charge in [-0.1, -0.05) is 23.7 Å². The smallest absolute Gasteiger partial charge is 0.172 e. The van der Waals surface area contributed by atoms with E-state index in [1.54, 1.807) is 20.3 Å². The maximum Gasteiger partial charge on any atom is 0.172 e. The van der Waals surface area contributed by atoms with Crippen LogP contribution in [0.3, 0.4) is 0 Å². The van der Waals surface area contributed by atoms with E-state index < -0.39 is 0 Å². The second kappa shape index (κ2) is 7.86. The summed E-state index contributed by atoms with van der Waals surface area (Å²) in [5.41, 5.74) is 3.72. The Hall–Kier alpha value is -2.76. The summed E-state index contributed by atoms with van der Waals surface area (Å²) in [4.78, 5) is 0. The van der Waals surface area contributed by atoms with Gasteiger partial charge in [0.25, 0.3) is 0 Å². The Bertz CT molecular complexity index is 1080. The van der Waals surface area contributed by atoms with Crippen molar-refractivity contribution >= 4 is 29.7 Å². The van der Waals surface area contributed by atoms with Crippen molar-refractivity contribution in [2.24, 2.45) is 0 Å². The number of hydrogen-bond acceptors (Lipinski definition) is 4. The van der Waals surface area contributed by atoms with Crippen LogP contribution in [0.2, 0.25) is 5.02 Å². The van der Waals surface area contributed by atoms with Crippen LogP contribution in [-0.4, -0.2) is 28.8 Å². The molecule has 0 amide bonds. The summed E-state index contributed by atoms with van der Waals surface area (Å²) >= 11 is 6.07. The first-order valence-corrected chi connectivity index (χ1v) is 8.40. The zero-order valence-corrected chi connectivity index (χ0v) is 16.3. The van der Waals surface area contributed by atoms with Crippen molar-refractivity contribution < 1.29 is 9.47 Å². The van der Waals surface area contributed by atoms with Crippen LogP contribution in [0.5, 0.6) is 11.5 Å². The lowest BCUT2D eigenvalue weighted by Crippen LogP contribution is -1.94. The molecule has 5 nitrogen and oxygen atoms in total. The topological polar surface area (TPSA) is 48.7 Å². The molecule has 4 aromatic rings. The zero-order valence-electron chi connectivity index (χ0n) is 14.7. The third-order valence-electron chi connectivity index (χ3n) is 4.23. The van der Waals surface area contributed by atoms with Gasteiger partial charge in [-0.3, -0.25) is 4.40 Å². The molecule has 0 unspecified atom stereocenters. The predicted octanol–water partition coefficient (Wildman–Crippen LogP) is 5.16. The average Bonchev–Trinajstić information content (AvgIpc) is 3.11. The summed E-state index contributed by atoms with van der Waals surface area (Å²) in [6.45, 7) is 0. The third kappa shape index (κ3) is 3.56. The Morgan fingerprint density at radius 1 is 0.852 bits per heavy atom. The molecule has 0 atom stereocenters. The normalized spacial score (nSPS) is 10.5. The van der Waals surface area contributed by atoms with E-state index in [1.807, 2.05) is 59.1 Å². The van der Waals surface area contributed by atoms with Crippen molar-refractivity contribution in [2.45, 2.75) is 0 Å². The molecule has 0 bridgehead atoms. The fourth-order valence-corrected chi connectivity index (χ4v) is 3.04. The molecule has 2 aromatic carbocycles. The Kier molecular flexibility index (Phi) is 5.54. The zero-order chi connectivity index (χ0) is 18.1. The number of ether oxygens (including phenoxy) is 2. The summed E-state index contributed by atoms with van der Waals surface area (Å²) in [5.74, 6) is 2.18. The van der Waals surface area contributed by atoms with E-state index in [9.17, 15) is 0 Å². The molecule has 0 N–H and O–H groups in total. The van der Waals surface area contributed by atoms with Gasteiger partial charge in [-0.05, 0) is 53.6 Å². The highest BCUT2D eigenvalue weighted by Gasteiger charge is 2.14. The molecule has 0 saturated carbocycles. The van der Waals surface area contributed by atoms with Crippen LogP contribution in [0.15, 0.2) is 60.8 Å². The fourth-order valence-electron chi connectivity index (χ4n) is 2.88. The van der Waals surface area contributed by atoms with E-state index in [1.165, 1.54) is 0 Å². The van der Waals surface area contributed by atoms with Crippen molar-refractivity contribution in [3.8, 4) is 34.0 Å². The summed E-state index contributed by atoms with van der Waals surface area (Å²) < 4.78 is 12.6. The SMILES string of the molecule is COc1ccc(-c2ccc3nnc(-c4ccc(Cl)cc4OC)n3c2)cc1.Cl. The Labute approximate surface area is 167 Å². The number of benzene rings is 2. The first-order valence-electron chi connectivity index (χ1n) is 8.03. The van der Waals surface area contributed by atoms with Crippen molar-refractivity contribution in [2.75, 3.05) is 14.2 Å². The highest BCUT2D eigenvalue weighted by atomic mass is 35.5. The largest absolute Gasteiger partial charge is 0.497 e. The molecule has 0 saturated heterocycles. The second-order valence-electron chi connectivity index (χ2n) is 5.74. The number of halogens is 2. The minimum Gasteiger partial charge on any atom is -0.497 e. The highest BCUT2D eigenvalue weighted by Crippen LogP contribution is 2.32. The Balaban J connectivity index is 0.00000210. The molecular formula is C20H17Cl2N3O2. The lowest BCUT2D eigenvalue weighted by atomic mass is 10.1. The molecule has 27 heavy (non-hydrogen) atoms. The van der Waals surface area contributed by atoms with Gasteiger partial charge >= 0.3 is 0 Å². The Morgan fingerprint density at radius 2 is 1.59 bits per heavy atom. The molecule has 0 radical (unpaired) electrons. The summed E-state index contributed by atoms with van der Waals surface area (Å²) in [6.07, 6.45) is 2.01. The summed E-state index contributed by atoms with van der Waals surface area (Å²) in [5, 5.41) is 9.20. The predicted molar refractivity (Wildman–Crippen MR) is 109 cm³/mol. The lowest BCUT2D eigenvalue weighted by Gasteiger charge is -2.09. The molecule has 4 rings (SSSR count). The van der Waals surface area contributed by atoms with Crippen molar-refractivity contribution in [1.29, 1.82) is 0 Å². The standard InChI is InChI=1S/C20H16ClN3O2.ClH/c1-25-16-7-3-13(4-8-16)14-5-10-19-22-23-20(24(19)12-14)17-9-6-15(21)11-18(17)26-2;/h3-12H,1-2H3;1H. The van der Waals surface area contributed by atoms with E-state index in [-0.39, 0.29) is 12.4 Å². The molecule has 0 aliphatic carbocycles. The molecule has 0 spiro atoms. The number of aromatic nitrogens is 3. The minimum absolute atomic E-state index is 0.